The number of rotatable bonds is 7. The van der Waals surface area contributed by atoms with Gasteiger partial charge in [-0.2, -0.15) is 0 Å². The van der Waals surface area contributed by atoms with E-state index in [9.17, 15) is 8.78 Å². The molecule has 0 spiro atoms. The van der Waals surface area contributed by atoms with Crippen LogP contribution in [0.15, 0.2) is 29.8 Å². The molecule has 1 fully saturated rings. The van der Waals surface area contributed by atoms with Gasteiger partial charge in [0.2, 0.25) is 0 Å². The van der Waals surface area contributed by atoms with Gasteiger partial charge in [0.25, 0.3) is 0 Å². The summed E-state index contributed by atoms with van der Waals surface area (Å²) in [7, 11) is 0. The summed E-state index contributed by atoms with van der Waals surface area (Å²) in [5.74, 6) is 0.814. The van der Waals surface area contributed by atoms with Crippen molar-refractivity contribution in [3.63, 3.8) is 0 Å². The third kappa shape index (κ3) is 5.41. The van der Waals surface area contributed by atoms with Crippen LogP contribution >= 0.6 is 0 Å². The van der Waals surface area contributed by atoms with Crippen molar-refractivity contribution in [1.82, 2.24) is 0 Å². The van der Waals surface area contributed by atoms with Crippen LogP contribution in [0.4, 0.5) is 8.78 Å². The maximum Gasteiger partial charge on any atom is 0.159 e. The van der Waals surface area contributed by atoms with Crippen LogP contribution in [0.3, 0.4) is 0 Å². The maximum atomic E-state index is 13.4. The SMILES string of the molecule is CCCCC1CCC(CCC2=CCC(c3ccc(F)c(F)c3)CC2)CC1. The fourth-order valence-electron chi connectivity index (χ4n) is 4.88. The third-order valence-corrected chi connectivity index (χ3v) is 6.73. The molecule has 0 amide bonds. The lowest BCUT2D eigenvalue weighted by Crippen LogP contribution is -2.15. The zero-order valence-corrected chi connectivity index (χ0v) is 16.3. The minimum atomic E-state index is -0.745. The van der Waals surface area contributed by atoms with Gasteiger partial charge in [-0.25, -0.2) is 8.78 Å². The Kier molecular flexibility index (Phi) is 7.28. The molecular formula is C24H34F2. The average Bonchev–Trinajstić information content (AvgIpc) is 2.68. The van der Waals surface area contributed by atoms with Crippen molar-refractivity contribution in [1.29, 1.82) is 0 Å². The normalized spacial score (nSPS) is 26.6. The van der Waals surface area contributed by atoms with E-state index in [4.69, 9.17) is 0 Å². The molecule has 1 aromatic carbocycles. The van der Waals surface area contributed by atoms with Crippen molar-refractivity contribution in [2.45, 2.75) is 89.9 Å². The minimum absolute atomic E-state index is 0.350. The summed E-state index contributed by atoms with van der Waals surface area (Å²) in [6, 6.07) is 4.40. The van der Waals surface area contributed by atoms with Crippen LogP contribution < -0.4 is 0 Å². The lowest BCUT2D eigenvalue weighted by Gasteiger charge is -2.29. The van der Waals surface area contributed by atoms with Gasteiger partial charge in [-0.3, -0.25) is 0 Å². The van der Waals surface area contributed by atoms with Crippen molar-refractivity contribution >= 4 is 0 Å². The van der Waals surface area contributed by atoms with Gasteiger partial charge in [0, 0.05) is 0 Å². The van der Waals surface area contributed by atoms with E-state index in [0.29, 0.717) is 5.92 Å². The summed E-state index contributed by atoms with van der Waals surface area (Å²) < 4.78 is 26.5. The monoisotopic (exact) mass is 360 g/mol. The van der Waals surface area contributed by atoms with Crippen LogP contribution in [0.5, 0.6) is 0 Å². The molecule has 0 aromatic heterocycles. The van der Waals surface area contributed by atoms with Crippen molar-refractivity contribution in [3.05, 3.63) is 47.0 Å². The molecule has 0 nitrogen and oxygen atoms in total. The minimum Gasteiger partial charge on any atom is -0.204 e. The quantitative estimate of drug-likeness (QED) is 0.433. The highest BCUT2D eigenvalue weighted by Crippen LogP contribution is 2.37. The van der Waals surface area contributed by atoms with E-state index in [0.717, 1.165) is 36.7 Å². The molecule has 0 aliphatic heterocycles. The molecule has 2 aliphatic rings. The molecule has 2 heteroatoms. The second-order valence-corrected chi connectivity index (χ2v) is 8.57. The van der Waals surface area contributed by atoms with Crippen molar-refractivity contribution < 1.29 is 8.78 Å². The van der Waals surface area contributed by atoms with Crippen molar-refractivity contribution in [2.24, 2.45) is 11.8 Å². The maximum absolute atomic E-state index is 13.4. The van der Waals surface area contributed by atoms with Gasteiger partial charge in [-0.05, 0) is 67.6 Å². The Morgan fingerprint density at radius 3 is 2.27 bits per heavy atom. The molecule has 0 saturated heterocycles. The molecule has 3 rings (SSSR count). The molecule has 26 heavy (non-hydrogen) atoms. The average molecular weight is 361 g/mol. The van der Waals surface area contributed by atoms with Crippen LogP contribution in [0.1, 0.15) is 95.5 Å². The number of unbranched alkanes of at least 4 members (excludes halogenated alkanes) is 1. The van der Waals surface area contributed by atoms with Gasteiger partial charge >= 0.3 is 0 Å². The van der Waals surface area contributed by atoms with Gasteiger partial charge in [-0.1, -0.05) is 69.6 Å². The summed E-state index contributed by atoms with van der Waals surface area (Å²) in [5.41, 5.74) is 2.54. The first kappa shape index (κ1) is 19.6. The fourth-order valence-corrected chi connectivity index (χ4v) is 4.88. The molecule has 0 N–H and O–H groups in total. The molecular weight excluding hydrogens is 326 g/mol. The van der Waals surface area contributed by atoms with E-state index in [1.807, 2.05) is 0 Å². The first-order valence-corrected chi connectivity index (χ1v) is 10.8. The zero-order chi connectivity index (χ0) is 18.4. The Morgan fingerprint density at radius 2 is 1.65 bits per heavy atom. The Morgan fingerprint density at radius 1 is 0.923 bits per heavy atom. The van der Waals surface area contributed by atoms with E-state index in [2.05, 4.69) is 13.0 Å². The van der Waals surface area contributed by atoms with Gasteiger partial charge in [0.15, 0.2) is 11.6 Å². The van der Waals surface area contributed by atoms with Crippen LogP contribution in [0, 0.1) is 23.5 Å². The molecule has 0 bridgehead atoms. The summed E-state index contributed by atoms with van der Waals surface area (Å²) in [5, 5.41) is 0. The third-order valence-electron chi connectivity index (χ3n) is 6.73. The second kappa shape index (κ2) is 9.67. The largest absolute Gasteiger partial charge is 0.204 e. The highest BCUT2D eigenvalue weighted by atomic mass is 19.2. The number of hydrogen-bond donors (Lipinski definition) is 0. The molecule has 2 aliphatic carbocycles. The van der Waals surface area contributed by atoms with Crippen LogP contribution in [-0.2, 0) is 0 Å². The standard InChI is InChI=1S/C24H34F2/c1-2-3-4-18-5-7-19(8-6-18)9-10-20-11-13-21(14-12-20)22-15-16-23(25)24(26)17-22/h11,15-19,21H,2-10,12-14H2,1H3. The van der Waals surface area contributed by atoms with Crippen LogP contribution in [0.25, 0.3) is 0 Å². The second-order valence-electron chi connectivity index (χ2n) is 8.57. The summed E-state index contributed by atoms with van der Waals surface area (Å²) in [6.07, 6.45) is 18.1. The Labute approximate surface area is 158 Å². The summed E-state index contributed by atoms with van der Waals surface area (Å²) >= 11 is 0. The first-order valence-electron chi connectivity index (χ1n) is 10.8. The summed E-state index contributed by atoms with van der Waals surface area (Å²) in [6.45, 7) is 2.29. The fraction of sp³-hybridized carbons (Fsp3) is 0.667. The smallest absolute Gasteiger partial charge is 0.159 e. The number of hydrogen-bond acceptors (Lipinski definition) is 0. The lowest BCUT2D eigenvalue weighted by atomic mass is 9.77. The highest BCUT2D eigenvalue weighted by Gasteiger charge is 2.22. The topological polar surface area (TPSA) is 0 Å². The van der Waals surface area contributed by atoms with Crippen LogP contribution in [-0.4, -0.2) is 0 Å². The molecule has 1 aromatic rings. The predicted octanol–water partition coefficient (Wildman–Crippen LogP) is 7.94. The number of halogens is 2. The van der Waals surface area contributed by atoms with Crippen LogP contribution in [0.2, 0.25) is 0 Å². The van der Waals surface area contributed by atoms with Gasteiger partial charge in [0.05, 0.1) is 0 Å². The first-order chi connectivity index (χ1) is 12.7. The molecule has 144 valence electrons. The van der Waals surface area contributed by atoms with Crippen molar-refractivity contribution in [3.8, 4) is 0 Å². The van der Waals surface area contributed by atoms with E-state index in [1.165, 1.54) is 69.9 Å². The number of allylic oxidation sites excluding steroid dienone is 2. The molecule has 1 saturated carbocycles. The Bertz CT molecular complexity index is 596. The Hall–Kier alpha value is -1.18. The van der Waals surface area contributed by atoms with E-state index < -0.39 is 11.6 Å². The van der Waals surface area contributed by atoms with Gasteiger partial charge in [-0.15, -0.1) is 0 Å². The summed E-state index contributed by atoms with van der Waals surface area (Å²) in [4.78, 5) is 0. The zero-order valence-electron chi connectivity index (χ0n) is 16.3. The van der Waals surface area contributed by atoms with Gasteiger partial charge in [0.1, 0.15) is 0 Å². The Balaban J connectivity index is 1.40. The van der Waals surface area contributed by atoms with E-state index in [1.54, 1.807) is 11.6 Å². The predicted molar refractivity (Wildman–Crippen MR) is 105 cm³/mol. The lowest BCUT2D eigenvalue weighted by molar-refractivity contribution is 0.249. The van der Waals surface area contributed by atoms with E-state index >= 15 is 0 Å². The van der Waals surface area contributed by atoms with Crippen molar-refractivity contribution in [2.75, 3.05) is 0 Å². The highest BCUT2D eigenvalue weighted by molar-refractivity contribution is 5.25. The van der Waals surface area contributed by atoms with Gasteiger partial charge < -0.3 is 0 Å². The molecule has 0 heterocycles. The molecule has 0 radical (unpaired) electrons. The molecule has 1 atom stereocenters. The van der Waals surface area contributed by atoms with E-state index in [-0.39, 0.29) is 0 Å². The molecule has 1 unspecified atom stereocenters. The number of benzene rings is 1.